The minimum Gasteiger partial charge on any atom is -0.289 e. The van der Waals surface area contributed by atoms with Gasteiger partial charge in [0.2, 0.25) is 0 Å². The molecule has 0 saturated carbocycles. The van der Waals surface area contributed by atoms with Gasteiger partial charge in [0.15, 0.2) is 0 Å². The van der Waals surface area contributed by atoms with Crippen LogP contribution in [0.4, 0.5) is 0 Å². The van der Waals surface area contributed by atoms with Gasteiger partial charge >= 0.3 is 0 Å². The van der Waals surface area contributed by atoms with Gasteiger partial charge in [-0.05, 0) is 23.1 Å². The van der Waals surface area contributed by atoms with Gasteiger partial charge in [0.05, 0.1) is 4.91 Å². The maximum atomic E-state index is 12.2. The van der Waals surface area contributed by atoms with E-state index in [-0.39, 0.29) is 5.91 Å². The first-order valence-electron chi connectivity index (χ1n) is 6.49. The number of rotatable bonds is 4. The van der Waals surface area contributed by atoms with Crippen LogP contribution in [-0.4, -0.2) is 21.7 Å². The minimum absolute atomic E-state index is 0.0344. The fraction of sp³-hybridized carbons (Fsp3) is 0.250. The summed E-state index contributed by atoms with van der Waals surface area (Å²) in [7, 11) is 0. The number of hydrogen-bond acceptors (Lipinski definition) is 3. The fourth-order valence-electron chi connectivity index (χ4n) is 1.91. The van der Waals surface area contributed by atoms with Crippen molar-refractivity contribution in [2.75, 3.05) is 6.54 Å². The number of amides is 1. The summed E-state index contributed by atoms with van der Waals surface area (Å²) in [5.74, 6) is 0.475. The molecule has 2 rings (SSSR count). The third-order valence-corrected chi connectivity index (χ3v) is 4.46. The van der Waals surface area contributed by atoms with E-state index in [4.69, 9.17) is 12.2 Å². The van der Waals surface area contributed by atoms with Gasteiger partial charge in [0.25, 0.3) is 5.91 Å². The monoisotopic (exact) mass is 303 g/mol. The molecule has 4 heteroatoms. The van der Waals surface area contributed by atoms with Crippen molar-refractivity contribution in [1.29, 1.82) is 0 Å². The second kappa shape index (κ2) is 6.37. The highest BCUT2D eigenvalue weighted by Crippen LogP contribution is 2.32. The van der Waals surface area contributed by atoms with Crippen LogP contribution in [0.5, 0.6) is 0 Å². The predicted octanol–water partition coefficient (Wildman–Crippen LogP) is 4.20. The summed E-state index contributed by atoms with van der Waals surface area (Å²) in [6, 6.07) is 8.27. The fourth-order valence-corrected chi connectivity index (χ4v) is 3.19. The van der Waals surface area contributed by atoms with Gasteiger partial charge in [-0.15, -0.1) is 6.58 Å². The van der Waals surface area contributed by atoms with Gasteiger partial charge in [0, 0.05) is 6.54 Å². The summed E-state index contributed by atoms with van der Waals surface area (Å²) >= 11 is 6.56. The molecule has 0 aromatic heterocycles. The average molecular weight is 303 g/mol. The minimum atomic E-state index is -0.0344. The molecular formula is C16H17NOS2. The maximum absolute atomic E-state index is 12.2. The Balaban J connectivity index is 2.21. The van der Waals surface area contributed by atoms with Gasteiger partial charge < -0.3 is 0 Å². The van der Waals surface area contributed by atoms with Gasteiger partial charge in [-0.25, -0.2) is 0 Å². The molecule has 0 aliphatic carbocycles. The highest BCUT2D eigenvalue weighted by atomic mass is 32.2. The Bertz CT molecular complexity index is 573. The van der Waals surface area contributed by atoms with Crippen molar-refractivity contribution in [3.63, 3.8) is 0 Å². The Hall–Kier alpha value is -1.39. The Labute approximate surface area is 129 Å². The van der Waals surface area contributed by atoms with E-state index in [2.05, 4.69) is 32.6 Å². The number of benzene rings is 1. The molecule has 0 spiro atoms. The SMILES string of the molecule is C=CCN1C(=O)/C(=C\c2ccc(C(C)C)cc2)SC1=S. The molecule has 0 radical (unpaired) electrons. The summed E-state index contributed by atoms with van der Waals surface area (Å²) < 4.78 is 0.597. The highest BCUT2D eigenvalue weighted by Gasteiger charge is 2.30. The summed E-state index contributed by atoms with van der Waals surface area (Å²) in [6.07, 6.45) is 3.58. The quantitative estimate of drug-likeness (QED) is 0.472. The summed E-state index contributed by atoms with van der Waals surface area (Å²) in [4.78, 5) is 14.4. The second-order valence-corrected chi connectivity index (χ2v) is 6.58. The number of thiocarbonyl (C=S) groups is 1. The van der Waals surface area contributed by atoms with E-state index in [0.717, 1.165) is 5.56 Å². The molecule has 0 bridgehead atoms. The molecule has 2 nitrogen and oxygen atoms in total. The standard InChI is InChI=1S/C16H17NOS2/c1-4-9-17-15(18)14(20-16(17)19)10-12-5-7-13(8-6-12)11(2)3/h4-8,10-11H,1,9H2,2-3H3/b14-10+. The molecule has 1 aliphatic heterocycles. The third-order valence-electron chi connectivity index (χ3n) is 3.09. The lowest BCUT2D eigenvalue weighted by molar-refractivity contribution is -0.121. The molecule has 20 heavy (non-hydrogen) atoms. The predicted molar refractivity (Wildman–Crippen MR) is 90.6 cm³/mol. The number of carbonyl (C=O) groups is 1. The zero-order valence-electron chi connectivity index (χ0n) is 11.6. The number of carbonyl (C=O) groups excluding carboxylic acids is 1. The summed E-state index contributed by atoms with van der Waals surface area (Å²) in [5, 5.41) is 0. The maximum Gasteiger partial charge on any atom is 0.266 e. The van der Waals surface area contributed by atoms with Gasteiger partial charge in [-0.2, -0.15) is 0 Å². The van der Waals surface area contributed by atoms with Crippen LogP contribution in [-0.2, 0) is 4.79 Å². The van der Waals surface area contributed by atoms with Gasteiger partial charge in [-0.1, -0.05) is 68.2 Å². The van der Waals surface area contributed by atoms with Crippen molar-refractivity contribution in [2.45, 2.75) is 19.8 Å². The van der Waals surface area contributed by atoms with Crippen LogP contribution in [0.1, 0.15) is 30.9 Å². The van der Waals surface area contributed by atoms with Crippen molar-refractivity contribution >= 4 is 40.3 Å². The van der Waals surface area contributed by atoms with E-state index in [1.54, 1.807) is 11.0 Å². The molecule has 1 aromatic carbocycles. The van der Waals surface area contributed by atoms with Crippen LogP contribution < -0.4 is 0 Å². The van der Waals surface area contributed by atoms with Gasteiger partial charge in [0.1, 0.15) is 4.32 Å². The molecule has 0 N–H and O–H groups in total. The van der Waals surface area contributed by atoms with E-state index in [9.17, 15) is 4.79 Å². The first kappa shape index (κ1) is 15.0. The van der Waals surface area contributed by atoms with Crippen molar-refractivity contribution in [2.24, 2.45) is 0 Å². The molecular weight excluding hydrogens is 286 g/mol. The topological polar surface area (TPSA) is 20.3 Å². The lowest BCUT2D eigenvalue weighted by Crippen LogP contribution is -2.27. The molecule has 1 amide bonds. The zero-order chi connectivity index (χ0) is 14.7. The Kier molecular flexibility index (Phi) is 4.78. The van der Waals surface area contributed by atoms with Gasteiger partial charge in [-0.3, -0.25) is 9.69 Å². The molecule has 1 fully saturated rings. The highest BCUT2D eigenvalue weighted by molar-refractivity contribution is 8.26. The van der Waals surface area contributed by atoms with Crippen LogP contribution in [0.25, 0.3) is 6.08 Å². The summed E-state index contributed by atoms with van der Waals surface area (Å²) in [5.41, 5.74) is 2.31. The van der Waals surface area contributed by atoms with Crippen LogP contribution in [0.3, 0.4) is 0 Å². The van der Waals surface area contributed by atoms with Crippen LogP contribution in [0.15, 0.2) is 41.8 Å². The van der Waals surface area contributed by atoms with Crippen molar-refractivity contribution in [3.05, 3.63) is 53.0 Å². The molecule has 1 aliphatic rings. The molecule has 104 valence electrons. The van der Waals surface area contributed by atoms with Crippen LogP contribution in [0, 0.1) is 0 Å². The van der Waals surface area contributed by atoms with E-state index in [1.807, 2.05) is 18.2 Å². The molecule has 1 saturated heterocycles. The van der Waals surface area contributed by atoms with Crippen LogP contribution in [0.2, 0.25) is 0 Å². The van der Waals surface area contributed by atoms with Crippen molar-refractivity contribution in [3.8, 4) is 0 Å². The smallest absolute Gasteiger partial charge is 0.266 e. The molecule has 0 atom stereocenters. The second-order valence-electron chi connectivity index (χ2n) is 4.90. The van der Waals surface area contributed by atoms with Crippen molar-refractivity contribution in [1.82, 2.24) is 4.90 Å². The first-order chi connectivity index (χ1) is 9.52. The Morgan fingerprint density at radius 2 is 2.00 bits per heavy atom. The number of nitrogens with zero attached hydrogens (tertiary/aromatic N) is 1. The summed E-state index contributed by atoms with van der Waals surface area (Å²) in [6.45, 7) is 8.44. The Morgan fingerprint density at radius 1 is 1.35 bits per heavy atom. The average Bonchev–Trinajstić information content (AvgIpc) is 2.67. The van der Waals surface area contributed by atoms with E-state index >= 15 is 0 Å². The third kappa shape index (κ3) is 3.19. The molecule has 0 unspecified atom stereocenters. The number of thioether (sulfide) groups is 1. The van der Waals surface area contributed by atoms with Crippen LogP contribution >= 0.6 is 24.0 Å². The molecule has 1 heterocycles. The largest absolute Gasteiger partial charge is 0.289 e. The van der Waals surface area contributed by atoms with E-state index in [1.165, 1.54) is 17.3 Å². The van der Waals surface area contributed by atoms with E-state index < -0.39 is 0 Å². The normalized spacial score (nSPS) is 17.4. The lowest BCUT2D eigenvalue weighted by Gasteiger charge is -2.10. The van der Waals surface area contributed by atoms with Crippen molar-refractivity contribution < 1.29 is 4.79 Å². The van der Waals surface area contributed by atoms with E-state index in [0.29, 0.717) is 21.7 Å². The first-order valence-corrected chi connectivity index (χ1v) is 7.71. The molecule has 1 aromatic rings. The zero-order valence-corrected chi connectivity index (χ0v) is 13.3. The lowest BCUT2D eigenvalue weighted by atomic mass is 10.0. The number of hydrogen-bond donors (Lipinski definition) is 0. The Morgan fingerprint density at radius 3 is 2.55 bits per heavy atom.